The summed E-state index contributed by atoms with van der Waals surface area (Å²) in [6, 6.07) is 1.83. The Kier molecular flexibility index (Phi) is 3.90. The zero-order valence-electron chi connectivity index (χ0n) is 8.12. The first-order valence-corrected chi connectivity index (χ1v) is 4.24. The lowest BCUT2D eigenvalue weighted by Crippen LogP contribution is -2.31. The van der Waals surface area contributed by atoms with Crippen LogP contribution in [0.25, 0.3) is 0 Å². The molecule has 0 fully saturated rings. The summed E-state index contributed by atoms with van der Waals surface area (Å²) in [4.78, 5) is 21.4. The Morgan fingerprint density at radius 2 is 2.31 bits per heavy atom. The number of aliphatic carboxylic acids is 1. The molecular formula is C7H8N6O3. The topological polar surface area (TPSA) is 134 Å². The number of carbonyl (C=O) groups is 2. The zero-order chi connectivity index (χ0) is 12.0. The highest BCUT2D eigenvalue weighted by molar-refractivity contribution is 5.82. The van der Waals surface area contributed by atoms with Gasteiger partial charge in [-0.15, -0.1) is 5.10 Å². The third-order valence-corrected chi connectivity index (χ3v) is 1.58. The molecule has 0 spiro atoms. The maximum Gasteiger partial charge on any atom is 0.322 e. The number of amides is 1. The minimum absolute atomic E-state index is 0.0610. The lowest BCUT2D eigenvalue weighted by atomic mass is 10.3. The van der Waals surface area contributed by atoms with Crippen molar-refractivity contribution in [2.45, 2.75) is 13.0 Å². The number of rotatable bonds is 5. The lowest BCUT2D eigenvalue weighted by molar-refractivity contribution is -0.137. The van der Waals surface area contributed by atoms with Gasteiger partial charge in [-0.25, -0.2) is 4.68 Å². The van der Waals surface area contributed by atoms with Crippen molar-refractivity contribution in [1.29, 1.82) is 5.26 Å². The average molecular weight is 224 g/mol. The van der Waals surface area contributed by atoms with Crippen LogP contribution in [0.3, 0.4) is 0 Å². The van der Waals surface area contributed by atoms with E-state index in [4.69, 9.17) is 10.4 Å². The molecule has 0 atom stereocenters. The summed E-state index contributed by atoms with van der Waals surface area (Å²) in [5.74, 6) is -1.44. The predicted molar refractivity (Wildman–Crippen MR) is 47.8 cm³/mol. The molecule has 1 rings (SSSR count). The second-order valence-corrected chi connectivity index (χ2v) is 2.76. The Balaban J connectivity index is 2.53. The molecule has 0 aromatic carbocycles. The van der Waals surface area contributed by atoms with Crippen LogP contribution >= 0.6 is 0 Å². The summed E-state index contributed by atoms with van der Waals surface area (Å²) in [7, 11) is 0. The van der Waals surface area contributed by atoms with Gasteiger partial charge in [0.05, 0.1) is 12.5 Å². The van der Waals surface area contributed by atoms with E-state index in [-0.39, 0.29) is 18.8 Å². The quantitative estimate of drug-likeness (QED) is 0.587. The highest BCUT2D eigenvalue weighted by Gasteiger charge is 2.11. The number of hydrogen-bond donors (Lipinski definition) is 2. The number of hydrogen-bond acceptors (Lipinski definition) is 6. The molecule has 0 radical (unpaired) electrons. The van der Waals surface area contributed by atoms with Crippen LogP contribution in [0.5, 0.6) is 0 Å². The highest BCUT2D eigenvalue weighted by atomic mass is 16.4. The molecule has 0 bridgehead atoms. The summed E-state index contributed by atoms with van der Waals surface area (Å²) in [5, 5.41) is 29.3. The zero-order valence-corrected chi connectivity index (χ0v) is 8.12. The fourth-order valence-corrected chi connectivity index (χ4v) is 0.920. The molecule has 0 unspecified atom stereocenters. The summed E-state index contributed by atoms with van der Waals surface area (Å²) in [5.41, 5.74) is 0. The van der Waals surface area contributed by atoms with Gasteiger partial charge in [0.1, 0.15) is 13.1 Å². The van der Waals surface area contributed by atoms with Crippen LogP contribution in [-0.2, 0) is 22.6 Å². The standard InChI is InChI=1S/C7H8N6O3/c8-1-2-13-5(10-11-12-13)3-6(14)9-4-7(15)16/h2-4H2,(H,9,14)(H,15,16). The van der Waals surface area contributed by atoms with Crippen LogP contribution < -0.4 is 5.32 Å². The van der Waals surface area contributed by atoms with Gasteiger partial charge in [0, 0.05) is 0 Å². The van der Waals surface area contributed by atoms with Crippen LogP contribution in [0, 0.1) is 11.3 Å². The van der Waals surface area contributed by atoms with Gasteiger partial charge < -0.3 is 10.4 Å². The van der Waals surface area contributed by atoms with E-state index in [0.29, 0.717) is 0 Å². The van der Waals surface area contributed by atoms with Gasteiger partial charge in [-0.3, -0.25) is 9.59 Å². The van der Waals surface area contributed by atoms with Crippen LogP contribution in [0.15, 0.2) is 0 Å². The van der Waals surface area contributed by atoms with E-state index in [1.165, 1.54) is 4.68 Å². The fraction of sp³-hybridized carbons (Fsp3) is 0.429. The molecule has 0 saturated heterocycles. The van der Waals surface area contributed by atoms with Gasteiger partial charge in [0.15, 0.2) is 5.82 Å². The van der Waals surface area contributed by atoms with Gasteiger partial charge in [-0.05, 0) is 10.4 Å². The maximum absolute atomic E-state index is 11.2. The van der Waals surface area contributed by atoms with E-state index in [2.05, 4.69) is 20.8 Å². The molecule has 9 nitrogen and oxygen atoms in total. The molecule has 84 valence electrons. The minimum Gasteiger partial charge on any atom is -0.480 e. The Bertz CT molecular complexity index is 434. The van der Waals surface area contributed by atoms with Crippen molar-refractivity contribution in [3.05, 3.63) is 5.82 Å². The third-order valence-electron chi connectivity index (χ3n) is 1.58. The highest BCUT2D eigenvalue weighted by Crippen LogP contribution is 1.92. The first-order valence-electron chi connectivity index (χ1n) is 4.24. The number of carbonyl (C=O) groups excluding carboxylic acids is 1. The number of aromatic nitrogens is 4. The number of carboxylic acid groups (broad SMARTS) is 1. The van der Waals surface area contributed by atoms with E-state index in [1.54, 1.807) is 0 Å². The van der Waals surface area contributed by atoms with Crippen molar-refractivity contribution in [3.63, 3.8) is 0 Å². The van der Waals surface area contributed by atoms with Crippen molar-refractivity contribution < 1.29 is 14.7 Å². The van der Waals surface area contributed by atoms with Crippen molar-refractivity contribution in [3.8, 4) is 6.07 Å². The smallest absolute Gasteiger partial charge is 0.322 e. The Morgan fingerprint density at radius 1 is 1.56 bits per heavy atom. The Labute approximate surface area is 89.7 Å². The van der Waals surface area contributed by atoms with Crippen molar-refractivity contribution >= 4 is 11.9 Å². The van der Waals surface area contributed by atoms with Gasteiger partial charge in [0.25, 0.3) is 0 Å². The largest absolute Gasteiger partial charge is 0.480 e. The molecule has 1 heterocycles. The summed E-state index contributed by atoms with van der Waals surface area (Å²) in [6.07, 6.45) is -0.165. The summed E-state index contributed by atoms with van der Waals surface area (Å²) in [6.45, 7) is -0.521. The molecule has 16 heavy (non-hydrogen) atoms. The number of carboxylic acids is 1. The van der Waals surface area contributed by atoms with E-state index in [0.717, 1.165) is 0 Å². The molecule has 2 N–H and O–H groups in total. The number of nitrogens with zero attached hydrogens (tertiary/aromatic N) is 5. The fourth-order valence-electron chi connectivity index (χ4n) is 0.920. The minimum atomic E-state index is -1.13. The number of nitrogens with one attached hydrogen (secondary N) is 1. The van der Waals surface area contributed by atoms with Gasteiger partial charge >= 0.3 is 5.97 Å². The maximum atomic E-state index is 11.2. The molecule has 1 aromatic heterocycles. The predicted octanol–water partition coefficient (Wildman–Crippen LogP) is -2.06. The molecule has 1 aromatic rings. The van der Waals surface area contributed by atoms with Crippen LogP contribution in [0.1, 0.15) is 5.82 Å². The van der Waals surface area contributed by atoms with Crippen LogP contribution in [-0.4, -0.2) is 43.7 Å². The molecular weight excluding hydrogens is 216 g/mol. The van der Waals surface area contributed by atoms with Crippen molar-refractivity contribution in [2.24, 2.45) is 0 Å². The van der Waals surface area contributed by atoms with E-state index in [9.17, 15) is 9.59 Å². The second-order valence-electron chi connectivity index (χ2n) is 2.76. The first kappa shape index (κ1) is 11.6. The van der Waals surface area contributed by atoms with E-state index in [1.807, 2.05) is 6.07 Å². The van der Waals surface area contributed by atoms with Gasteiger partial charge in [-0.2, -0.15) is 5.26 Å². The first-order chi connectivity index (χ1) is 7.63. The summed E-state index contributed by atoms with van der Waals surface area (Å²) >= 11 is 0. The molecule has 0 aliphatic rings. The normalized spacial score (nSPS) is 9.44. The lowest BCUT2D eigenvalue weighted by Gasteiger charge is -2.01. The number of nitriles is 1. The van der Waals surface area contributed by atoms with Gasteiger partial charge in [-0.1, -0.05) is 0 Å². The van der Waals surface area contributed by atoms with Gasteiger partial charge in [0.2, 0.25) is 5.91 Å². The molecule has 0 saturated carbocycles. The molecule has 9 heteroatoms. The molecule has 1 amide bonds. The van der Waals surface area contributed by atoms with Crippen molar-refractivity contribution in [2.75, 3.05) is 6.54 Å². The van der Waals surface area contributed by atoms with Crippen LogP contribution in [0.2, 0.25) is 0 Å². The monoisotopic (exact) mass is 224 g/mol. The number of tetrazole rings is 1. The SMILES string of the molecule is N#CCn1nnnc1CC(=O)NCC(=O)O. The van der Waals surface area contributed by atoms with Crippen molar-refractivity contribution in [1.82, 2.24) is 25.5 Å². The van der Waals surface area contributed by atoms with E-state index >= 15 is 0 Å². The molecule has 0 aliphatic carbocycles. The average Bonchev–Trinajstić information content (AvgIpc) is 2.63. The Morgan fingerprint density at radius 3 is 2.94 bits per heavy atom. The summed E-state index contributed by atoms with van der Waals surface area (Å²) < 4.78 is 1.17. The van der Waals surface area contributed by atoms with Crippen LogP contribution in [0.4, 0.5) is 0 Å². The Hall–Kier alpha value is -2.50. The van der Waals surface area contributed by atoms with E-state index < -0.39 is 18.4 Å². The third kappa shape index (κ3) is 3.33. The molecule has 0 aliphatic heterocycles. The second kappa shape index (κ2) is 5.40.